The van der Waals surface area contributed by atoms with E-state index in [1.54, 1.807) is 24.4 Å². The molecular weight excluding hydrogens is 334 g/mol. The Labute approximate surface area is 149 Å². The van der Waals surface area contributed by atoms with Crippen LogP contribution in [-0.2, 0) is 19.5 Å². The second-order valence-corrected chi connectivity index (χ2v) is 6.92. The van der Waals surface area contributed by atoms with Crippen molar-refractivity contribution in [1.29, 1.82) is 0 Å². The van der Waals surface area contributed by atoms with Crippen molar-refractivity contribution < 1.29 is 4.79 Å². The molecule has 25 heavy (non-hydrogen) atoms. The Balaban J connectivity index is 1.43. The molecule has 0 fully saturated rings. The molecular formula is C18H17N5OS. The number of rotatable bonds is 4. The minimum Gasteiger partial charge on any atom is -0.296 e. The molecule has 0 saturated carbocycles. The molecule has 0 bridgehead atoms. The first-order valence-electron chi connectivity index (χ1n) is 8.11. The van der Waals surface area contributed by atoms with Gasteiger partial charge in [0.1, 0.15) is 5.69 Å². The Kier molecular flexibility index (Phi) is 4.49. The summed E-state index contributed by atoms with van der Waals surface area (Å²) in [6.07, 6.45) is 4.32. The van der Waals surface area contributed by atoms with Gasteiger partial charge in [-0.3, -0.25) is 25.0 Å². The maximum absolute atomic E-state index is 12.2. The van der Waals surface area contributed by atoms with Crippen LogP contribution in [0.25, 0.3) is 0 Å². The summed E-state index contributed by atoms with van der Waals surface area (Å²) in [5.41, 5.74) is 2.55. The van der Waals surface area contributed by atoms with E-state index in [4.69, 9.17) is 0 Å². The van der Waals surface area contributed by atoms with Crippen molar-refractivity contribution in [2.24, 2.45) is 0 Å². The van der Waals surface area contributed by atoms with Gasteiger partial charge < -0.3 is 0 Å². The van der Waals surface area contributed by atoms with E-state index in [2.05, 4.69) is 25.2 Å². The summed E-state index contributed by atoms with van der Waals surface area (Å²) in [6.45, 7) is 2.61. The molecule has 126 valence electrons. The first kappa shape index (κ1) is 15.9. The van der Waals surface area contributed by atoms with E-state index < -0.39 is 0 Å². The molecule has 4 heterocycles. The Hall–Kier alpha value is -2.64. The minimum absolute atomic E-state index is 0.225. The van der Waals surface area contributed by atoms with E-state index in [-0.39, 0.29) is 5.91 Å². The maximum Gasteiger partial charge on any atom is 0.276 e. The number of amides is 1. The summed E-state index contributed by atoms with van der Waals surface area (Å²) in [5, 5.41) is 3.49. The number of fused-ring (bicyclic) bond motifs is 1. The van der Waals surface area contributed by atoms with Crippen LogP contribution in [0.2, 0.25) is 0 Å². The van der Waals surface area contributed by atoms with Gasteiger partial charge in [0.2, 0.25) is 0 Å². The van der Waals surface area contributed by atoms with Gasteiger partial charge in [0.05, 0.1) is 11.4 Å². The summed E-state index contributed by atoms with van der Waals surface area (Å²) in [4.78, 5) is 28.8. The summed E-state index contributed by atoms with van der Waals surface area (Å²) in [7, 11) is 0. The van der Waals surface area contributed by atoms with E-state index in [1.807, 2.05) is 24.4 Å². The number of pyridine rings is 2. The van der Waals surface area contributed by atoms with Gasteiger partial charge >= 0.3 is 0 Å². The number of carbonyl (C=O) groups is 1. The highest BCUT2D eigenvalue weighted by molar-refractivity contribution is 7.15. The van der Waals surface area contributed by atoms with E-state index in [0.717, 1.165) is 37.4 Å². The van der Waals surface area contributed by atoms with Crippen molar-refractivity contribution in [3.8, 4) is 0 Å². The zero-order valence-corrected chi connectivity index (χ0v) is 14.4. The predicted molar refractivity (Wildman–Crippen MR) is 96.4 cm³/mol. The second-order valence-electron chi connectivity index (χ2n) is 5.84. The lowest BCUT2D eigenvalue weighted by molar-refractivity contribution is 0.102. The van der Waals surface area contributed by atoms with Crippen LogP contribution in [0.1, 0.15) is 26.8 Å². The molecule has 0 saturated heterocycles. The number of aromatic nitrogens is 3. The van der Waals surface area contributed by atoms with Gasteiger partial charge in [0, 0.05) is 43.3 Å². The summed E-state index contributed by atoms with van der Waals surface area (Å²) >= 11 is 1.54. The topological polar surface area (TPSA) is 71.0 Å². The quantitative estimate of drug-likeness (QED) is 0.783. The molecule has 0 radical (unpaired) electrons. The highest BCUT2D eigenvalue weighted by Crippen LogP contribution is 2.29. The van der Waals surface area contributed by atoms with Gasteiger partial charge in [-0.25, -0.2) is 4.98 Å². The molecule has 1 N–H and O–H groups in total. The fourth-order valence-corrected chi connectivity index (χ4v) is 3.86. The van der Waals surface area contributed by atoms with Crippen LogP contribution >= 0.6 is 11.3 Å². The third kappa shape index (κ3) is 3.72. The van der Waals surface area contributed by atoms with Crippen molar-refractivity contribution in [1.82, 2.24) is 19.9 Å². The van der Waals surface area contributed by atoms with Crippen molar-refractivity contribution in [2.45, 2.75) is 19.5 Å². The van der Waals surface area contributed by atoms with Gasteiger partial charge in [0.15, 0.2) is 5.13 Å². The van der Waals surface area contributed by atoms with Crippen molar-refractivity contribution >= 4 is 22.4 Å². The van der Waals surface area contributed by atoms with Gasteiger partial charge in [0.25, 0.3) is 5.91 Å². The fourth-order valence-electron chi connectivity index (χ4n) is 2.82. The number of nitrogens with zero attached hydrogens (tertiary/aromatic N) is 4. The number of carbonyl (C=O) groups excluding carboxylic acids is 1. The average Bonchev–Trinajstić information content (AvgIpc) is 3.05. The third-order valence-corrected chi connectivity index (χ3v) is 5.04. The van der Waals surface area contributed by atoms with Gasteiger partial charge in [-0.1, -0.05) is 12.1 Å². The van der Waals surface area contributed by atoms with Crippen LogP contribution in [0.5, 0.6) is 0 Å². The van der Waals surface area contributed by atoms with Crippen molar-refractivity contribution in [3.63, 3.8) is 0 Å². The van der Waals surface area contributed by atoms with Crippen LogP contribution in [-0.4, -0.2) is 32.3 Å². The molecule has 1 amide bonds. The van der Waals surface area contributed by atoms with E-state index >= 15 is 0 Å². The summed E-state index contributed by atoms with van der Waals surface area (Å²) in [6, 6.07) is 11.3. The lowest BCUT2D eigenvalue weighted by Crippen LogP contribution is -2.29. The Bertz CT molecular complexity index is 866. The van der Waals surface area contributed by atoms with Crippen LogP contribution in [0.3, 0.4) is 0 Å². The smallest absolute Gasteiger partial charge is 0.276 e. The molecule has 7 heteroatoms. The molecule has 6 nitrogen and oxygen atoms in total. The van der Waals surface area contributed by atoms with E-state index in [9.17, 15) is 4.79 Å². The second kappa shape index (κ2) is 7.08. The van der Waals surface area contributed by atoms with Crippen LogP contribution in [0.4, 0.5) is 5.13 Å². The predicted octanol–water partition coefficient (Wildman–Crippen LogP) is 2.74. The van der Waals surface area contributed by atoms with Gasteiger partial charge in [-0.05, 0) is 24.3 Å². The number of thiazole rings is 1. The monoisotopic (exact) mass is 351 g/mol. The standard InChI is InChI=1S/C18H17N5OS/c24-17(15-6-2-4-9-20-15)22-18-21-14-7-10-23(12-16(14)25-18)11-13-5-1-3-8-19-13/h1-6,8-9H,7,10-12H2,(H,21,22,24). The van der Waals surface area contributed by atoms with Crippen molar-refractivity contribution in [2.75, 3.05) is 11.9 Å². The molecule has 0 spiro atoms. The SMILES string of the molecule is O=C(Nc1nc2c(s1)CN(Cc1ccccn1)CC2)c1ccccn1. The minimum atomic E-state index is -0.225. The largest absolute Gasteiger partial charge is 0.296 e. The lowest BCUT2D eigenvalue weighted by atomic mass is 10.1. The molecule has 4 rings (SSSR count). The van der Waals surface area contributed by atoms with E-state index in [1.165, 1.54) is 16.2 Å². The molecule has 3 aromatic heterocycles. The Morgan fingerprint density at radius 2 is 2.00 bits per heavy atom. The molecule has 0 unspecified atom stereocenters. The molecule has 0 atom stereocenters. The molecule has 1 aliphatic rings. The number of nitrogens with one attached hydrogen (secondary N) is 1. The summed E-state index contributed by atoms with van der Waals surface area (Å²) in [5.74, 6) is -0.225. The first-order valence-corrected chi connectivity index (χ1v) is 8.93. The van der Waals surface area contributed by atoms with Crippen LogP contribution < -0.4 is 5.32 Å². The fraction of sp³-hybridized carbons (Fsp3) is 0.222. The highest BCUT2D eigenvalue weighted by Gasteiger charge is 2.22. The first-order chi connectivity index (χ1) is 12.3. The lowest BCUT2D eigenvalue weighted by Gasteiger charge is -2.25. The highest BCUT2D eigenvalue weighted by atomic mass is 32.1. The molecule has 3 aromatic rings. The molecule has 0 aliphatic carbocycles. The Morgan fingerprint density at radius 1 is 1.16 bits per heavy atom. The normalized spacial score (nSPS) is 14.1. The number of anilines is 1. The van der Waals surface area contributed by atoms with Crippen molar-refractivity contribution in [3.05, 3.63) is 70.8 Å². The van der Waals surface area contributed by atoms with Crippen LogP contribution in [0, 0.1) is 0 Å². The number of hydrogen-bond donors (Lipinski definition) is 1. The zero-order chi connectivity index (χ0) is 17.1. The molecule has 1 aliphatic heterocycles. The Morgan fingerprint density at radius 3 is 2.76 bits per heavy atom. The van der Waals surface area contributed by atoms with E-state index in [0.29, 0.717) is 10.8 Å². The molecule has 0 aromatic carbocycles. The summed E-state index contributed by atoms with van der Waals surface area (Å²) < 4.78 is 0. The zero-order valence-electron chi connectivity index (χ0n) is 13.6. The van der Waals surface area contributed by atoms with Crippen LogP contribution in [0.15, 0.2) is 48.8 Å². The maximum atomic E-state index is 12.2. The average molecular weight is 351 g/mol. The third-order valence-electron chi connectivity index (χ3n) is 4.04. The number of hydrogen-bond acceptors (Lipinski definition) is 6. The van der Waals surface area contributed by atoms with Gasteiger partial charge in [-0.15, -0.1) is 11.3 Å². The van der Waals surface area contributed by atoms with Gasteiger partial charge in [-0.2, -0.15) is 0 Å².